The summed E-state index contributed by atoms with van der Waals surface area (Å²) in [6, 6.07) is 4.15. The predicted molar refractivity (Wildman–Crippen MR) is 69.7 cm³/mol. The summed E-state index contributed by atoms with van der Waals surface area (Å²) in [5.74, 6) is 0.616. The molecule has 2 aliphatic rings. The second kappa shape index (κ2) is 6.54. The van der Waals surface area contributed by atoms with Crippen molar-refractivity contribution in [3.63, 3.8) is 0 Å². The lowest BCUT2D eigenvalue weighted by Crippen LogP contribution is -2.55. The largest absolute Gasteiger partial charge is 0.315 e. The average molecular weight is 260 g/mol. The van der Waals surface area contributed by atoms with E-state index in [1.54, 1.807) is 0 Å². The molecular weight excluding hydrogens is 240 g/mol. The molecule has 0 aromatic rings. The molecule has 5 heteroatoms. The molecule has 1 heterocycles. The first-order chi connectivity index (χ1) is 9.26. The first kappa shape index (κ1) is 13.8. The molecule has 1 amide bonds. The van der Waals surface area contributed by atoms with Gasteiger partial charge in [0.25, 0.3) is 0 Å². The standard InChI is InChI=1S/C14H20N4O/c15-7-9-18(10-8-16)14(19)13-6-5-11-3-1-2-4-12(11)17-13/h11-13,17H,1-6,9-10H2. The number of carbonyl (C=O) groups is 1. The second-order valence-corrected chi connectivity index (χ2v) is 5.46. The Labute approximate surface area is 114 Å². The maximum absolute atomic E-state index is 12.3. The first-order valence-electron chi connectivity index (χ1n) is 7.05. The topological polar surface area (TPSA) is 79.9 Å². The van der Waals surface area contributed by atoms with Gasteiger partial charge in [0, 0.05) is 6.04 Å². The van der Waals surface area contributed by atoms with E-state index in [-0.39, 0.29) is 25.0 Å². The first-order valence-corrected chi connectivity index (χ1v) is 7.05. The SMILES string of the molecule is N#CCN(CC#N)C(=O)C1CCC2CCCCC2N1. The minimum atomic E-state index is -0.207. The number of fused-ring (bicyclic) bond motifs is 1. The quantitative estimate of drug-likeness (QED) is 0.772. The second-order valence-electron chi connectivity index (χ2n) is 5.46. The van der Waals surface area contributed by atoms with Crippen LogP contribution in [0.15, 0.2) is 0 Å². The van der Waals surface area contributed by atoms with Crippen LogP contribution in [0, 0.1) is 28.6 Å². The molecule has 0 aromatic carbocycles. The molecule has 1 saturated carbocycles. The van der Waals surface area contributed by atoms with Crippen molar-refractivity contribution in [2.24, 2.45) is 5.92 Å². The Morgan fingerprint density at radius 2 is 1.79 bits per heavy atom. The zero-order chi connectivity index (χ0) is 13.7. The molecule has 1 aliphatic carbocycles. The highest BCUT2D eigenvalue weighted by molar-refractivity contribution is 5.82. The van der Waals surface area contributed by atoms with Crippen molar-refractivity contribution < 1.29 is 4.79 Å². The number of piperidine rings is 1. The Morgan fingerprint density at radius 3 is 2.47 bits per heavy atom. The van der Waals surface area contributed by atoms with E-state index in [2.05, 4.69) is 5.32 Å². The fraction of sp³-hybridized carbons (Fsp3) is 0.786. The fourth-order valence-corrected chi connectivity index (χ4v) is 3.29. The lowest BCUT2D eigenvalue weighted by Gasteiger charge is -2.40. The van der Waals surface area contributed by atoms with Crippen molar-refractivity contribution in [2.75, 3.05) is 13.1 Å². The highest BCUT2D eigenvalue weighted by atomic mass is 16.2. The molecule has 0 radical (unpaired) electrons. The third-order valence-electron chi connectivity index (χ3n) is 4.28. The number of amides is 1. The van der Waals surface area contributed by atoms with Crippen LogP contribution in [-0.4, -0.2) is 36.0 Å². The highest BCUT2D eigenvalue weighted by Crippen LogP contribution is 2.32. The van der Waals surface area contributed by atoms with E-state index >= 15 is 0 Å². The highest BCUT2D eigenvalue weighted by Gasteiger charge is 2.35. The van der Waals surface area contributed by atoms with Gasteiger partial charge in [-0.05, 0) is 31.6 Å². The molecule has 0 bridgehead atoms. The number of nitriles is 2. The summed E-state index contributed by atoms with van der Waals surface area (Å²) in [6.07, 6.45) is 6.85. The summed E-state index contributed by atoms with van der Waals surface area (Å²) in [6.45, 7) is -0.00264. The summed E-state index contributed by atoms with van der Waals surface area (Å²) in [5.41, 5.74) is 0. The smallest absolute Gasteiger partial charge is 0.241 e. The molecule has 3 atom stereocenters. The van der Waals surface area contributed by atoms with Gasteiger partial charge in [0.1, 0.15) is 13.1 Å². The van der Waals surface area contributed by atoms with Crippen LogP contribution in [-0.2, 0) is 4.79 Å². The Morgan fingerprint density at radius 1 is 1.11 bits per heavy atom. The van der Waals surface area contributed by atoms with E-state index in [0.29, 0.717) is 12.0 Å². The molecule has 2 rings (SSSR count). The number of hydrogen-bond acceptors (Lipinski definition) is 4. The Balaban J connectivity index is 1.96. The summed E-state index contributed by atoms with van der Waals surface area (Å²) in [7, 11) is 0. The van der Waals surface area contributed by atoms with Gasteiger partial charge in [0.05, 0.1) is 18.2 Å². The Bertz CT molecular complexity index is 393. The summed E-state index contributed by atoms with van der Waals surface area (Å²) in [5, 5.41) is 20.9. The fourth-order valence-electron chi connectivity index (χ4n) is 3.29. The number of nitrogens with one attached hydrogen (secondary N) is 1. The van der Waals surface area contributed by atoms with E-state index in [9.17, 15) is 4.79 Å². The zero-order valence-electron chi connectivity index (χ0n) is 11.1. The molecule has 102 valence electrons. The molecule has 1 aliphatic heterocycles. The van der Waals surface area contributed by atoms with Crippen LogP contribution in [0.2, 0.25) is 0 Å². The number of nitrogens with zero attached hydrogens (tertiary/aromatic N) is 3. The Hall–Kier alpha value is -1.59. The normalized spacial score (nSPS) is 29.7. The molecule has 2 fully saturated rings. The molecule has 1 saturated heterocycles. The van der Waals surface area contributed by atoms with E-state index in [1.165, 1.54) is 24.2 Å². The Kier molecular flexibility index (Phi) is 4.76. The van der Waals surface area contributed by atoms with Crippen molar-refractivity contribution >= 4 is 5.91 Å². The summed E-state index contributed by atoms with van der Waals surface area (Å²) in [4.78, 5) is 13.7. The zero-order valence-corrected chi connectivity index (χ0v) is 11.1. The summed E-state index contributed by atoms with van der Waals surface area (Å²) < 4.78 is 0. The van der Waals surface area contributed by atoms with Crippen LogP contribution >= 0.6 is 0 Å². The van der Waals surface area contributed by atoms with Gasteiger partial charge in [-0.25, -0.2) is 0 Å². The van der Waals surface area contributed by atoms with Gasteiger partial charge in [-0.2, -0.15) is 10.5 Å². The number of rotatable bonds is 3. The van der Waals surface area contributed by atoms with Crippen molar-refractivity contribution in [1.82, 2.24) is 10.2 Å². The van der Waals surface area contributed by atoms with Gasteiger partial charge in [0.2, 0.25) is 5.91 Å². The van der Waals surface area contributed by atoms with Crippen molar-refractivity contribution in [2.45, 2.75) is 50.6 Å². The maximum Gasteiger partial charge on any atom is 0.241 e. The van der Waals surface area contributed by atoms with E-state index in [0.717, 1.165) is 19.3 Å². The maximum atomic E-state index is 12.3. The minimum absolute atomic E-state index is 0.00132. The lowest BCUT2D eigenvalue weighted by molar-refractivity contribution is -0.133. The number of carbonyl (C=O) groups excluding carboxylic acids is 1. The van der Waals surface area contributed by atoms with Crippen molar-refractivity contribution in [1.29, 1.82) is 10.5 Å². The monoisotopic (exact) mass is 260 g/mol. The molecule has 0 spiro atoms. The minimum Gasteiger partial charge on any atom is -0.315 e. The van der Waals surface area contributed by atoms with Crippen LogP contribution in [0.3, 0.4) is 0 Å². The molecule has 19 heavy (non-hydrogen) atoms. The molecular formula is C14H20N4O. The van der Waals surface area contributed by atoms with Crippen molar-refractivity contribution in [3.8, 4) is 12.1 Å². The van der Waals surface area contributed by atoms with Crippen LogP contribution in [0.1, 0.15) is 38.5 Å². The third kappa shape index (κ3) is 3.24. The van der Waals surface area contributed by atoms with Gasteiger partial charge < -0.3 is 10.2 Å². The molecule has 5 nitrogen and oxygen atoms in total. The van der Waals surface area contributed by atoms with E-state index < -0.39 is 0 Å². The predicted octanol–water partition coefficient (Wildman–Crippen LogP) is 1.17. The molecule has 0 aromatic heterocycles. The lowest BCUT2D eigenvalue weighted by atomic mass is 9.77. The molecule has 3 unspecified atom stereocenters. The van der Waals surface area contributed by atoms with Gasteiger partial charge in [-0.15, -0.1) is 0 Å². The molecule has 1 N–H and O–H groups in total. The van der Waals surface area contributed by atoms with Crippen LogP contribution in [0.25, 0.3) is 0 Å². The van der Waals surface area contributed by atoms with E-state index in [1.807, 2.05) is 12.1 Å². The van der Waals surface area contributed by atoms with Crippen LogP contribution in [0.5, 0.6) is 0 Å². The van der Waals surface area contributed by atoms with E-state index in [4.69, 9.17) is 10.5 Å². The van der Waals surface area contributed by atoms with Gasteiger partial charge in [-0.1, -0.05) is 12.8 Å². The van der Waals surface area contributed by atoms with Gasteiger partial charge in [0.15, 0.2) is 0 Å². The van der Waals surface area contributed by atoms with Gasteiger partial charge in [-0.3, -0.25) is 4.79 Å². The summed E-state index contributed by atoms with van der Waals surface area (Å²) >= 11 is 0. The third-order valence-corrected chi connectivity index (χ3v) is 4.28. The van der Waals surface area contributed by atoms with Gasteiger partial charge >= 0.3 is 0 Å². The number of hydrogen-bond donors (Lipinski definition) is 1. The van der Waals surface area contributed by atoms with Crippen LogP contribution < -0.4 is 5.32 Å². The average Bonchev–Trinajstić information content (AvgIpc) is 2.46. The van der Waals surface area contributed by atoms with Crippen molar-refractivity contribution in [3.05, 3.63) is 0 Å². The van der Waals surface area contributed by atoms with Crippen LogP contribution in [0.4, 0.5) is 0 Å².